The number of hydrogen-bond acceptors (Lipinski definition) is 3. The van der Waals surface area contributed by atoms with Gasteiger partial charge in [-0.2, -0.15) is 5.26 Å². The second kappa shape index (κ2) is 6.92. The Hall–Kier alpha value is -3.06. The van der Waals surface area contributed by atoms with Gasteiger partial charge in [-0.05, 0) is 42.5 Å². The molecule has 2 aromatic carbocycles. The summed E-state index contributed by atoms with van der Waals surface area (Å²) < 4.78 is 13.4. The van der Waals surface area contributed by atoms with Gasteiger partial charge in [0.1, 0.15) is 5.82 Å². The minimum atomic E-state index is -0.508. The van der Waals surface area contributed by atoms with Gasteiger partial charge in [0.15, 0.2) is 5.78 Å². The van der Waals surface area contributed by atoms with Gasteiger partial charge in [0, 0.05) is 29.3 Å². The second-order valence-corrected chi connectivity index (χ2v) is 7.19. The first-order chi connectivity index (χ1) is 13.1. The monoisotopic (exact) mass is 358 g/mol. The molecule has 2 aromatic rings. The largest absolute Gasteiger partial charge is 0.294 e. The molecular formula is C23H19FN2O. The normalized spacial score (nSPS) is 24.9. The summed E-state index contributed by atoms with van der Waals surface area (Å²) in [6.07, 6.45) is 1.09. The molecule has 0 amide bonds. The Labute approximate surface area is 157 Å². The molecular weight excluding hydrogens is 339 g/mol. The van der Waals surface area contributed by atoms with Crippen LogP contribution in [-0.2, 0) is 4.79 Å². The first kappa shape index (κ1) is 17.4. The van der Waals surface area contributed by atoms with Crippen LogP contribution in [-0.4, -0.2) is 11.5 Å². The summed E-state index contributed by atoms with van der Waals surface area (Å²) in [7, 11) is 0. The quantitative estimate of drug-likeness (QED) is 0.765. The first-order valence-electron chi connectivity index (χ1n) is 9.10. The fourth-order valence-electron chi connectivity index (χ4n) is 4.22. The smallest absolute Gasteiger partial charge is 0.161 e. The van der Waals surface area contributed by atoms with E-state index in [1.54, 1.807) is 12.1 Å². The lowest BCUT2D eigenvalue weighted by Crippen LogP contribution is -2.32. The van der Waals surface area contributed by atoms with Crippen molar-refractivity contribution in [1.82, 2.24) is 0 Å². The third kappa shape index (κ3) is 3.10. The lowest BCUT2D eigenvalue weighted by molar-refractivity contribution is -0.116. The molecule has 0 bridgehead atoms. The number of halogens is 1. The third-order valence-electron chi connectivity index (χ3n) is 5.53. The summed E-state index contributed by atoms with van der Waals surface area (Å²) in [5, 5.41) is 9.72. The van der Waals surface area contributed by atoms with Gasteiger partial charge < -0.3 is 0 Å². The number of nitrogens with zero attached hydrogens (tertiary/aromatic N) is 2. The third-order valence-corrected chi connectivity index (χ3v) is 5.53. The zero-order chi connectivity index (χ0) is 19.0. The van der Waals surface area contributed by atoms with Gasteiger partial charge in [-0.3, -0.25) is 9.79 Å². The van der Waals surface area contributed by atoms with Gasteiger partial charge in [-0.25, -0.2) is 4.39 Å². The van der Waals surface area contributed by atoms with Crippen molar-refractivity contribution in [2.45, 2.75) is 31.6 Å². The van der Waals surface area contributed by atoms with Crippen LogP contribution in [0.2, 0.25) is 0 Å². The van der Waals surface area contributed by atoms with Crippen molar-refractivity contribution in [2.24, 2.45) is 10.9 Å². The first-order valence-corrected chi connectivity index (χ1v) is 9.10. The lowest BCUT2D eigenvalue weighted by atomic mass is 9.69. The molecule has 134 valence electrons. The summed E-state index contributed by atoms with van der Waals surface area (Å²) in [6, 6.07) is 18.4. The molecule has 1 unspecified atom stereocenters. The number of nitriles is 1. The molecule has 0 fully saturated rings. The van der Waals surface area contributed by atoms with E-state index in [4.69, 9.17) is 0 Å². The van der Waals surface area contributed by atoms with E-state index in [2.05, 4.69) is 11.1 Å². The number of Topliss-reactive ketones (excluding diaryl/α,β-unsaturated/α-hetero) is 1. The molecule has 2 aliphatic rings. The molecule has 3 nitrogen and oxygen atoms in total. The summed E-state index contributed by atoms with van der Waals surface area (Å²) in [5.41, 5.74) is 4.04. The van der Waals surface area contributed by atoms with Crippen molar-refractivity contribution >= 4 is 11.5 Å². The number of aliphatic imine (C=N–C) groups is 1. The van der Waals surface area contributed by atoms with E-state index >= 15 is 0 Å². The summed E-state index contributed by atoms with van der Waals surface area (Å²) in [4.78, 5) is 17.8. The van der Waals surface area contributed by atoms with Gasteiger partial charge in [0.25, 0.3) is 0 Å². The highest BCUT2D eigenvalue weighted by Gasteiger charge is 2.41. The van der Waals surface area contributed by atoms with Crippen molar-refractivity contribution in [3.8, 4) is 6.07 Å². The van der Waals surface area contributed by atoms with Crippen molar-refractivity contribution in [3.05, 3.63) is 82.8 Å². The van der Waals surface area contributed by atoms with Gasteiger partial charge in [0.05, 0.1) is 12.0 Å². The topological polar surface area (TPSA) is 53.2 Å². The van der Waals surface area contributed by atoms with Crippen molar-refractivity contribution < 1.29 is 9.18 Å². The molecule has 0 spiro atoms. The summed E-state index contributed by atoms with van der Waals surface area (Å²) in [5.74, 6) is -1.09. The standard InChI is InChI=1S/C23H19FN2O/c1-14-19(13-25)22(16-7-9-18(24)10-8-16)23-20(26-14)11-17(12-21(23)27)15-5-3-2-4-6-15/h2-10,17,19,22H,11-12H2,1H3/t17-,19?,22+/m0/s1. The van der Waals surface area contributed by atoms with E-state index in [0.29, 0.717) is 24.1 Å². The average Bonchev–Trinajstić information content (AvgIpc) is 2.68. The predicted molar refractivity (Wildman–Crippen MR) is 102 cm³/mol. The van der Waals surface area contributed by atoms with Crippen LogP contribution in [0.15, 0.2) is 70.9 Å². The molecule has 4 rings (SSSR count). The maximum Gasteiger partial charge on any atom is 0.161 e. The highest BCUT2D eigenvalue weighted by Crippen LogP contribution is 2.46. The Kier molecular flexibility index (Phi) is 4.45. The van der Waals surface area contributed by atoms with Crippen LogP contribution in [0.25, 0.3) is 0 Å². The van der Waals surface area contributed by atoms with Crippen molar-refractivity contribution in [1.29, 1.82) is 5.26 Å². The number of hydrogen-bond donors (Lipinski definition) is 0. The van der Waals surface area contributed by atoms with Crippen LogP contribution in [0.5, 0.6) is 0 Å². The Morgan fingerprint density at radius 1 is 1.04 bits per heavy atom. The fourth-order valence-corrected chi connectivity index (χ4v) is 4.22. The second-order valence-electron chi connectivity index (χ2n) is 7.19. The van der Waals surface area contributed by atoms with E-state index in [1.807, 2.05) is 37.3 Å². The molecule has 1 aliphatic heterocycles. The number of carbonyl (C=O) groups is 1. The van der Waals surface area contributed by atoms with Crippen LogP contribution >= 0.6 is 0 Å². The molecule has 0 saturated carbocycles. The molecule has 27 heavy (non-hydrogen) atoms. The van der Waals surface area contributed by atoms with Gasteiger partial charge in [-0.1, -0.05) is 42.5 Å². The Morgan fingerprint density at radius 2 is 1.74 bits per heavy atom. The van der Waals surface area contributed by atoms with Crippen LogP contribution < -0.4 is 0 Å². The summed E-state index contributed by atoms with van der Waals surface area (Å²) in [6.45, 7) is 1.84. The van der Waals surface area contributed by atoms with E-state index in [9.17, 15) is 14.4 Å². The van der Waals surface area contributed by atoms with Crippen LogP contribution in [0.1, 0.15) is 42.7 Å². The van der Waals surface area contributed by atoms with Crippen molar-refractivity contribution in [3.63, 3.8) is 0 Å². The van der Waals surface area contributed by atoms with Gasteiger partial charge in [0.2, 0.25) is 0 Å². The zero-order valence-corrected chi connectivity index (χ0v) is 15.0. The van der Waals surface area contributed by atoms with Crippen LogP contribution in [0, 0.1) is 23.1 Å². The van der Waals surface area contributed by atoms with E-state index in [0.717, 1.165) is 16.8 Å². The number of ketones is 1. The molecule has 0 radical (unpaired) electrons. The highest BCUT2D eigenvalue weighted by molar-refractivity contribution is 6.03. The van der Waals surface area contributed by atoms with Gasteiger partial charge in [-0.15, -0.1) is 0 Å². The van der Waals surface area contributed by atoms with Gasteiger partial charge >= 0.3 is 0 Å². The maximum atomic E-state index is 13.4. The Bertz CT molecular complexity index is 983. The zero-order valence-electron chi connectivity index (χ0n) is 15.0. The molecule has 4 heteroatoms. The number of allylic oxidation sites excluding steroid dienone is 2. The molecule has 3 atom stereocenters. The van der Waals surface area contributed by atoms with E-state index in [-0.39, 0.29) is 23.4 Å². The maximum absolute atomic E-state index is 13.4. The highest BCUT2D eigenvalue weighted by atomic mass is 19.1. The SMILES string of the molecule is CC1=NC2=C(C(=O)C[C@@H](c3ccccc3)C2)[C@H](c2ccc(F)cc2)C1C#N. The number of benzene rings is 2. The molecule has 1 aliphatic carbocycles. The minimum Gasteiger partial charge on any atom is -0.294 e. The van der Waals surface area contributed by atoms with Crippen LogP contribution in [0.3, 0.4) is 0 Å². The Morgan fingerprint density at radius 3 is 2.41 bits per heavy atom. The predicted octanol–water partition coefficient (Wildman–Crippen LogP) is 4.92. The molecule has 0 saturated heterocycles. The lowest BCUT2D eigenvalue weighted by Gasteiger charge is -2.35. The number of rotatable bonds is 2. The van der Waals surface area contributed by atoms with E-state index < -0.39 is 5.92 Å². The fraction of sp³-hybridized carbons (Fsp3) is 0.261. The Balaban J connectivity index is 1.79. The summed E-state index contributed by atoms with van der Waals surface area (Å²) >= 11 is 0. The molecule has 1 heterocycles. The molecule has 0 aromatic heterocycles. The van der Waals surface area contributed by atoms with E-state index in [1.165, 1.54) is 12.1 Å². The minimum absolute atomic E-state index is 0.0379. The van der Waals surface area contributed by atoms with Crippen molar-refractivity contribution in [2.75, 3.05) is 0 Å². The molecule has 0 N–H and O–H groups in total. The van der Waals surface area contributed by atoms with Crippen LogP contribution in [0.4, 0.5) is 4.39 Å². The number of carbonyl (C=O) groups excluding carboxylic acids is 1. The average molecular weight is 358 g/mol.